The van der Waals surface area contributed by atoms with Gasteiger partial charge in [0.15, 0.2) is 5.75 Å². The second kappa shape index (κ2) is 7.82. The maximum Gasteiger partial charge on any atom is 0.416 e. The molecule has 0 aromatic heterocycles. The molecule has 0 spiro atoms. The summed E-state index contributed by atoms with van der Waals surface area (Å²) in [6, 6.07) is 2.20. The summed E-state index contributed by atoms with van der Waals surface area (Å²) >= 11 is 0. The molecular weight excluding hydrogens is 291 g/mol. The highest BCUT2D eigenvalue weighted by Crippen LogP contribution is 2.36. The minimum absolute atomic E-state index is 0.102. The molecule has 0 aliphatic heterocycles. The predicted octanol–water partition coefficient (Wildman–Crippen LogP) is 3.55. The fraction of sp³-hybridized carbons (Fsp3) is 0.538. The maximum absolute atomic E-state index is 12.5. The van der Waals surface area contributed by atoms with Crippen molar-refractivity contribution in [1.82, 2.24) is 0 Å². The molecule has 118 valence electrons. The third kappa shape index (κ3) is 5.58. The zero-order valence-corrected chi connectivity index (χ0v) is 11.2. The zero-order chi connectivity index (χ0) is 15.9. The van der Waals surface area contributed by atoms with Gasteiger partial charge in [-0.1, -0.05) is 6.42 Å². The molecule has 1 aromatic carbocycles. The first-order valence-corrected chi connectivity index (χ1v) is 6.45. The number of hydrogen-bond acceptors (Lipinski definition) is 4. The van der Waals surface area contributed by atoms with Crippen LogP contribution >= 0.6 is 0 Å². The molecule has 0 aliphatic carbocycles. The van der Waals surface area contributed by atoms with Crippen LogP contribution in [0.1, 0.15) is 31.2 Å². The molecule has 0 fully saturated rings. The molecule has 0 amide bonds. The third-order valence-electron chi connectivity index (χ3n) is 2.79. The van der Waals surface area contributed by atoms with E-state index in [2.05, 4.69) is 0 Å². The summed E-state index contributed by atoms with van der Waals surface area (Å²) in [4.78, 5) is 9.91. The van der Waals surface area contributed by atoms with E-state index in [1.807, 2.05) is 0 Å². The highest BCUT2D eigenvalue weighted by Gasteiger charge is 2.33. The van der Waals surface area contributed by atoms with Crippen molar-refractivity contribution in [3.05, 3.63) is 33.9 Å². The van der Waals surface area contributed by atoms with Crippen molar-refractivity contribution in [2.75, 3.05) is 13.2 Å². The number of nitro benzene ring substituents is 1. The minimum Gasteiger partial charge on any atom is -0.487 e. The number of nitrogens with zero attached hydrogens (tertiary/aromatic N) is 1. The van der Waals surface area contributed by atoms with Gasteiger partial charge in [-0.2, -0.15) is 13.2 Å². The molecule has 8 heteroatoms. The van der Waals surface area contributed by atoms with Crippen LogP contribution in [0, 0.1) is 10.1 Å². The summed E-state index contributed by atoms with van der Waals surface area (Å²) in [5.41, 5.74) is -1.77. The number of rotatable bonds is 8. The Labute approximate surface area is 119 Å². The highest BCUT2D eigenvalue weighted by atomic mass is 19.4. The lowest BCUT2D eigenvalue weighted by Crippen LogP contribution is -2.07. The van der Waals surface area contributed by atoms with Crippen LogP contribution in [0.3, 0.4) is 0 Å². The van der Waals surface area contributed by atoms with E-state index in [1.165, 1.54) is 0 Å². The first-order chi connectivity index (χ1) is 9.86. The summed E-state index contributed by atoms with van der Waals surface area (Å²) in [7, 11) is 0. The normalized spacial score (nSPS) is 11.4. The molecule has 0 atom stereocenters. The standard InChI is InChI=1S/C13H16F3NO4/c14-13(15,16)10-5-6-12(11(9-10)17(19)20)21-8-4-2-1-3-7-18/h5-6,9,18H,1-4,7-8H2. The zero-order valence-electron chi connectivity index (χ0n) is 11.2. The Morgan fingerprint density at radius 3 is 2.43 bits per heavy atom. The average molecular weight is 307 g/mol. The SMILES string of the molecule is O=[N+]([O-])c1cc(C(F)(F)F)ccc1OCCCCCCO. The number of ether oxygens (including phenoxy) is 1. The van der Waals surface area contributed by atoms with Crippen LogP contribution in [0.5, 0.6) is 5.75 Å². The quantitative estimate of drug-likeness (QED) is 0.453. The fourth-order valence-corrected chi connectivity index (χ4v) is 1.71. The van der Waals surface area contributed by atoms with Gasteiger partial charge in [0, 0.05) is 12.7 Å². The van der Waals surface area contributed by atoms with Gasteiger partial charge in [0.25, 0.3) is 0 Å². The lowest BCUT2D eigenvalue weighted by Gasteiger charge is -2.10. The number of nitro groups is 1. The third-order valence-corrected chi connectivity index (χ3v) is 2.79. The van der Waals surface area contributed by atoms with Gasteiger partial charge >= 0.3 is 11.9 Å². The lowest BCUT2D eigenvalue weighted by atomic mass is 10.2. The second-order valence-corrected chi connectivity index (χ2v) is 4.42. The number of unbranched alkanes of at least 4 members (excludes halogenated alkanes) is 3. The van der Waals surface area contributed by atoms with E-state index in [9.17, 15) is 23.3 Å². The Bertz CT molecular complexity index is 477. The fourth-order valence-electron chi connectivity index (χ4n) is 1.71. The van der Waals surface area contributed by atoms with E-state index in [0.717, 1.165) is 25.0 Å². The van der Waals surface area contributed by atoms with Gasteiger partial charge in [0.1, 0.15) is 0 Å². The highest BCUT2D eigenvalue weighted by molar-refractivity contribution is 5.49. The number of benzene rings is 1. The van der Waals surface area contributed by atoms with Crippen molar-refractivity contribution in [2.24, 2.45) is 0 Å². The molecular formula is C13H16F3NO4. The molecule has 5 nitrogen and oxygen atoms in total. The van der Waals surface area contributed by atoms with Crippen molar-refractivity contribution in [1.29, 1.82) is 0 Å². The average Bonchev–Trinajstić information content (AvgIpc) is 2.41. The van der Waals surface area contributed by atoms with Gasteiger partial charge in [-0.05, 0) is 31.4 Å². The molecule has 0 aliphatic rings. The molecule has 0 saturated heterocycles. The Hall–Kier alpha value is -1.83. The van der Waals surface area contributed by atoms with Gasteiger partial charge < -0.3 is 9.84 Å². The molecule has 0 unspecified atom stereocenters. The second-order valence-electron chi connectivity index (χ2n) is 4.42. The Kier molecular flexibility index (Phi) is 6.41. The maximum atomic E-state index is 12.5. The summed E-state index contributed by atoms with van der Waals surface area (Å²) in [6.07, 6.45) is -1.78. The van der Waals surface area contributed by atoms with Crippen molar-refractivity contribution in [3.63, 3.8) is 0 Å². The molecule has 0 saturated carbocycles. The van der Waals surface area contributed by atoms with Crippen molar-refractivity contribution in [2.45, 2.75) is 31.9 Å². The summed E-state index contributed by atoms with van der Waals surface area (Å²) in [6.45, 7) is 0.281. The summed E-state index contributed by atoms with van der Waals surface area (Å²) < 4.78 is 42.7. The number of aliphatic hydroxyl groups excluding tert-OH is 1. The Morgan fingerprint density at radius 1 is 1.19 bits per heavy atom. The number of alkyl halides is 3. The van der Waals surface area contributed by atoms with E-state index < -0.39 is 22.4 Å². The monoisotopic (exact) mass is 307 g/mol. The number of hydrogen-bond donors (Lipinski definition) is 1. The lowest BCUT2D eigenvalue weighted by molar-refractivity contribution is -0.386. The van der Waals surface area contributed by atoms with Crippen molar-refractivity contribution >= 4 is 5.69 Å². The van der Waals surface area contributed by atoms with Crippen LogP contribution in [0.4, 0.5) is 18.9 Å². The van der Waals surface area contributed by atoms with E-state index in [1.54, 1.807) is 0 Å². The minimum atomic E-state index is -4.63. The Morgan fingerprint density at radius 2 is 1.86 bits per heavy atom. The molecule has 0 bridgehead atoms. The van der Waals surface area contributed by atoms with Crippen LogP contribution in [-0.4, -0.2) is 23.2 Å². The Balaban J connectivity index is 2.67. The van der Waals surface area contributed by atoms with Gasteiger partial charge in [0.2, 0.25) is 0 Å². The van der Waals surface area contributed by atoms with Gasteiger partial charge in [0.05, 0.1) is 17.1 Å². The van der Waals surface area contributed by atoms with Crippen LogP contribution in [0.15, 0.2) is 18.2 Å². The molecule has 0 heterocycles. The first kappa shape index (κ1) is 17.2. The largest absolute Gasteiger partial charge is 0.487 e. The number of aliphatic hydroxyl groups is 1. The molecule has 1 rings (SSSR count). The van der Waals surface area contributed by atoms with Gasteiger partial charge in [-0.15, -0.1) is 0 Å². The molecule has 1 aromatic rings. The van der Waals surface area contributed by atoms with Crippen LogP contribution in [0.25, 0.3) is 0 Å². The predicted molar refractivity (Wildman–Crippen MR) is 69.1 cm³/mol. The first-order valence-electron chi connectivity index (χ1n) is 6.45. The van der Waals surface area contributed by atoms with Crippen LogP contribution in [-0.2, 0) is 6.18 Å². The van der Waals surface area contributed by atoms with E-state index >= 15 is 0 Å². The smallest absolute Gasteiger partial charge is 0.416 e. The topological polar surface area (TPSA) is 72.6 Å². The van der Waals surface area contributed by atoms with Crippen LogP contribution < -0.4 is 4.74 Å². The van der Waals surface area contributed by atoms with Gasteiger partial charge in [-0.25, -0.2) is 0 Å². The van der Waals surface area contributed by atoms with Crippen LogP contribution in [0.2, 0.25) is 0 Å². The van der Waals surface area contributed by atoms with E-state index in [0.29, 0.717) is 18.9 Å². The summed E-state index contributed by atoms with van der Waals surface area (Å²) in [5.74, 6) is -0.171. The number of halogens is 3. The molecule has 21 heavy (non-hydrogen) atoms. The molecule has 0 radical (unpaired) electrons. The van der Waals surface area contributed by atoms with E-state index in [-0.39, 0.29) is 19.0 Å². The van der Waals surface area contributed by atoms with Gasteiger partial charge in [-0.3, -0.25) is 10.1 Å². The van der Waals surface area contributed by atoms with Crippen molar-refractivity contribution < 1.29 is 27.9 Å². The molecule has 1 N–H and O–H groups in total. The van der Waals surface area contributed by atoms with E-state index in [4.69, 9.17) is 9.84 Å². The van der Waals surface area contributed by atoms with Crippen molar-refractivity contribution in [3.8, 4) is 5.75 Å². The summed E-state index contributed by atoms with van der Waals surface area (Å²) in [5, 5.41) is 19.4.